The highest BCUT2D eigenvalue weighted by atomic mass is 35.7. The van der Waals surface area contributed by atoms with Crippen molar-refractivity contribution in [2.24, 2.45) is 5.92 Å². The van der Waals surface area contributed by atoms with Crippen LogP contribution < -0.4 is 0 Å². The minimum absolute atomic E-state index is 0.0597. The van der Waals surface area contributed by atoms with Gasteiger partial charge < -0.3 is 5.11 Å². The van der Waals surface area contributed by atoms with Gasteiger partial charge in [-0.15, -0.1) is 11.3 Å². The van der Waals surface area contributed by atoms with Gasteiger partial charge in [0.25, 0.3) is 9.05 Å². The maximum atomic E-state index is 11.2. The smallest absolute Gasteiger partial charge is 0.346 e. The first-order valence-corrected chi connectivity index (χ1v) is 8.19. The van der Waals surface area contributed by atoms with Crippen molar-refractivity contribution in [1.82, 2.24) is 0 Å². The zero-order valence-corrected chi connectivity index (χ0v) is 11.8. The van der Waals surface area contributed by atoms with E-state index in [4.69, 9.17) is 15.8 Å². The Hall–Kier alpha value is -0.590. The second-order valence-corrected chi connectivity index (χ2v) is 7.73. The summed E-state index contributed by atoms with van der Waals surface area (Å²) in [6.45, 7) is 3.98. The molecule has 0 bridgehead atoms. The lowest BCUT2D eigenvalue weighted by Crippen LogP contribution is -2.02. The highest BCUT2D eigenvalue weighted by molar-refractivity contribution is 8.15. The monoisotopic (exact) mass is 296 g/mol. The van der Waals surface area contributed by atoms with Crippen LogP contribution in [0.3, 0.4) is 0 Å². The molecule has 0 aliphatic rings. The molecule has 1 rings (SSSR count). The van der Waals surface area contributed by atoms with Gasteiger partial charge in [-0.3, -0.25) is 0 Å². The second kappa shape index (κ2) is 5.37. The summed E-state index contributed by atoms with van der Waals surface area (Å²) in [6, 6.07) is 1.36. The molecule has 0 aliphatic carbocycles. The van der Waals surface area contributed by atoms with E-state index in [0.717, 1.165) is 6.42 Å². The number of carboxylic acid groups (broad SMARTS) is 1. The number of carbonyl (C=O) groups is 1. The first-order valence-electron chi connectivity index (χ1n) is 5.06. The standard InChI is InChI=1S/C10H13ClO4S2/c1-3-6(2)4-7-5-8(17(11,14)15)16-9(7)10(12)13/h5-6H,3-4H2,1-2H3,(H,12,13). The molecule has 1 aromatic heterocycles. The fourth-order valence-electron chi connectivity index (χ4n) is 1.38. The molecule has 0 radical (unpaired) electrons. The lowest BCUT2D eigenvalue weighted by Gasteiger charge is -2.06. The van der Waals surface area contributed by atoms with Crippen LogP contribution in [0.15, 0.2) is 10.3 Å². The third-order valence-corrected chi connectivity index (χ3v) is 5.73. The quantitative estimate of drug-likeness (QED) is 0.848. The summed E-state index contributed by atoms with van der Waals surface area (Å²) in [5, 5.41) is 9.00. The van der Waals surface area contributed by atoms with Crippen LogP contribution in [0.4, 0.5) is 0 Å². The molecule has 1 unspecified atom stereocenters. The van der Waals surface area contributed by atoms with E-state index in [1.807, 2.05) is 13.8 Å². The molecule has 1 heterocycles. The van der Waals surface area contributed by atoms with Crippen LogP contribution in [0.25, 0.3) is 0 Å². The van der Waals surface area contributed by atoms with Crippen molar-refractivity contribution in [3.05, 3.63) is 16.5 Å². The van der Waals surface area contributed by atoms with Crippen molar-refractivity contribution >= 4 is 37.0 Å². The van der Waals surface area contributed by atoms with Gasteiger partial charge in [0.05, 0.1) is 0 Å². The van der Waals surface area contributed by atoms with Gasteiger partial charge in [-0.05, 0) is 24.0 Å². The molecule has 0 fully saturated rings. The highest BCUT2D eigenvalue weighted by Crippen LogP contribution is 2.30. The van der Waals surface area contributed by atoms with Gasteiger partial charge in [0, 0.05) is 10.7 Å². The Morgan fingerprint density at radius 3 is 2.59 bits per heavy atom. The molecule has 1 N–H and O–H groups in total. The van der Waals surface area contributed by atoms with Crippen molar-refractivity contribution in [2.45, 2.75) is 30.9 Å². The van der Waals surface area contributed by atoms with Crippen LogP contribution in [-0.4, -0.2) is 19.5 Å². The van der Waals surface area contributed by atoms with E-state index < -0.39 is 15.0 Å². The van der Waals surface area contributed by atoms with Gasteiger partial charge in [-0.2, -0.15) is 0 Å². The summed E-state index contributed by atoms with van der Waals surface area (Å²) in [4.78, 5) is 11.1. The maximum Gasteiger partial charge on any atom is 0.346 e. The summed E-state index contributed by atoms with van der Waals surface area (Å²) >= 11 is 0.708. The Morgan fingerprint density at radius 1 is 1.59 bits per heavy atom. The molecule has 0 saturated carbocycles. The molecule has 0 spiro atoms. The topological polar surface area (TPSA) is 71.4 Å². The number of halogens is 1. The first kappa shape index (κ1) is 14.5. The van der Waals surface area contributed by atoms with Crippen LogP contribution >= 0.6 is 22.0 Å². The van der Waals surface area contributed by atoms with Crippen molar-refractivity contribution < 1.29 is 18.3 Å². The van der Waals surface area contributed by atoms with Crippen molar-refractivity contribution in [2.75, 3.05) is 0 Å². The van der Waals surface area contributed by atoms with E-state index in [1.54, 1.807) is 0 Å². The Morgan fingerprint density at radius 2 is 2.18 bits per heavy atom. The van der Waals surface area contributed by atoms with E-state index in [9.17, 15) is 13.2 Å². The predicted molar refractivity (Wildman–Crippen MR) is 67.5 cm³/mol. The zero-order chi connectivity index (χ0) is 13.2. The Balaban J connectivity index is 3.19. The van der Waals surface area contributed by atoms with Crippen molar-refractivity contribution in [3.8, 4) is 0 Å². The summed E-state index contributed by atoms with van der Waals surface area (Å²) < 4.78 is 22.2. The lowest BCUT2D eigenvalue weighted by molar-refractivity contribution is 0.0701. The molecule has 0 amide bonds. The van der Waals surface area contributed by atoms with Crippen LogP contribution in [0, 0.1) is 5.92 Å². The fourth-order valence-corrected chi connectivity index (χ4v) is 3.49. The lowest BCUT2D eigenvalue weighted by atomic mass is 9.99. The van der Waals surface area contributed by atoms with Gasteiger partial charge in [0.1, 0.15) is 9.09 Å². The SMILES string of the molecule is CCC(C)Cc1cc(S(=O)(=O)Cl)sc1C(=O)O. The molecular formula is C10H13ClO4S2. The molecule has 0 saturated heterocycles. The van der Waals surface area contributed by atoms with E-state index in [-0.39, 0.29) is 9.09 Å². The van der Waals surface area contributed by atoms with Crippen LogP contribution in [0.2, 0.25) is 0 Å². The Labute approximate surface area is 109 Å². The van der Waals surface area contributed by atoms with E-state index >= 15 is 0 Å². The molecule has 1 atom stereocenters. The number of aromatic carboxylic acids is 1. The number of thiophene rings is 1. The second-order valence-electron chi connectivity index (χ2n) is 3.88. The Kier molecular flexibility index (Phi) is 4.57. The maximum absolute atomic E-state index is 11.2. The summed E-state index contributed by atoms with van der Waals surface area (Å²) in [5.74, 6) is -0.812. The number of hydrogen-bond donors (Lipinski definition) is 1. The van der Waals surface area contributed by atoms with Crippen LogP contribution in [0.1, 0.15) is 35.5 Å². The predicted octanol–water partition coefficient (Wildman–Crippen LogP) is 2.96. The Bertz CT molecular complexity index is 518. The molecule has 4 nitrogen and oxygen atoms in total. The molecule has 7 heteroatoms. The number of rotatable bonds is 5. The third-order valence-electron chi connectivity index (χ3n) is 2.49. The normalized spacial score (nSPS) is 13.6. The minimum atomic E-state index is -3.85. The van der Waals surface area contributed by atoms with E-state index in [2.05, 4.69) is 0 Å². The first-order chi connectivity index (χ1) is 7.75. The largest absolute Gasteiger partial charge is 0.477 e. The molecule has 0 aromatic carbocycles. The summed E-state index contributed by atoms with van der Waals surface area (Å²) in [6.07, 6.45) is 1.44. The number of carboxylic acids is 1. The number of hydrogen-bond acceptors (Lipinski definition) is 4. The zero-order valence-electron chi connectivity index (χ0n) is 9.44. The molecule has 17 heavy (non-hydrogen) atoms. The molecule has 0 aliphatic heterocycles. The van der Waals surface area contributed by atoms with Gasteiger partial charge in [-0.1, -0.05) is 20.3 Å². The molecule has 96 valence electrons. The molecule has 1 aromatic rings. The fraction of sp³-hybridized carbons (Fsp3) is 0.500. The average Bonchev–Trinajstić information content (AvgIpc) is 2.61. The minimum Gasteiger partial charge on any atom is -0.477 e. The average molecular weight is 297 g/mol. The summed E-state index contributed by atoms with van der Waals surface area (Å²) in [5.41, 5.74) is 0.538. The van der Waals surface area contributed by atoms with Crippen molar-refractivity contribution in [3.63, 3.8) is 0 Å². The van der Waals surface area contributed by atoms with Gasteiger partial charge >= 0.3 is 5.97 Å². The van der Waals surface area contributed by atoms with Crippen LogP contribution in [0.5, 0.6) is 0 Å². The summed E-state index contributed by atoms with van der Waals surface area (Å²) in [7, 11) is 1.36. The van der Waals surface area contributed by atoms with Gasteiger partial charge in [0.15, 0.2) is 0 Å². The van der Waals surface area contributed by atoms with Crippen molar-refractivity contribution in [1.29, 1.82) is 0 Å². The van der Waals surface area contributed by atoms with E-state index in [1.165, 1.54) is 6.07 Å². The third kappa shape index (κ3) is 3.69. The van der Waals surface area contributed by atoms with Gasteiger partial charge in [-0.25, -0.2) is 13.2 Å². The van der Waals surface area contributed by atoms with E-state index in [0.29, 0.717) is 29.2 Å². The van der Waals surface area contributed by atoms with Crippen LogP contribution in [-0.2, 0) is 15.5 Å². The van der Waals surface area contributed by atoms with Gasteiger partial charge in [0.2, 0.25) is 0 Å². The highest BCUT2D eigenvalue weighted by Gasteiger charge is 2.22. The molecular weight excluding hydrogens is 284 g/mol.